The Kier molecular flexibility index (Phi) is 6.83. The highest BCUT2D eigenvalue weighted by molar-refractivity contribution is 7.16. The lowest BCUT2D eigenvalue weighted by Crippen LogP contribution is -2.41. The summed E-state index contributed by atoms with van der Waals surface area (Å²) in [6, 6.07) is 21.1. The second kappa shape index (κ2) is 10.2. The monoisotopic (exact) mass is 485 g/mol. The lowest BCUT2D eigenvalue weighted by molar-refractivity contribution is -0.137. The number of nitrogens with zero attached hydrogens (tertiary/aromatic N) is 1. The van der Waals surface area contributed by atoms with Gasteiger partial charge in [-0.3, -0.25) is 4.79 Å². The fourth-order valence-corrected chi connectivity index (χ4v) is 6.58. The smallest absolute Gasteiger partial charge is 0.304 e. The number of fused-ring (bicyclic) bond motifs is 2. The van der Waals surface area contributed by atoms with Gasteiger partial charge in [0.2, 0.25) is 0 Å². The Balaban J connectivity index is 1.16. The summed E-state index contributed by atoms with van der Waals surface area (Å²) in [5.41, 5.74) is 4.44. The number of carboxylic acid groups (broad SMARTS) is 1. The summed E-state index contributed by atoms with van der Waals surface area (Å²) in [7, 11) is 0. The number of hydrogen-bond acceptors (Lipinski definition) is 4. The SMILES string of the molecule is CC#C[C@@H](CC(=O)O)c1ccc(OCc2ccc(N3CCC4(CCc5ccccc54)CC3)s2)cc1. The Morgan fingerprint density at radius 3 is 2.60 bits per heavy atom. The van der Waals surface area contributed by atoms with Crippen molar-refractivity contribution in [3.63, 3.8) is 0 Å². The normalized spacial score (nSPS) is 16.9. The van der Waals surface area contributed by atoms with Crippen molar-refractivity contribution in [1.29, 1.82) is 0 Å². The van der Waals surface area contributed by atoms with Crippen LogP contribution in [0.4, 0.5) is 5.00 Å². The molecule has 2 aliphatic rings. The zero-order chi connectivity index (χ0) is 24.3. The number of thiophene rings is 1. The first-order valence-electron chi connectivity index (χ1n) is 12.4. The highest BCUT2D eigenvalue weighted by Crippen LogP contribution is 2.47. The van der Waals surface area contributed by atoms with Gasteiger partial charge in [-0.15, -0.1) is 17.3 Å². The average molecular weight is 486 g/mol. The van der Waals surface area contributed by atoms with Crippen molar-refractivity contribution in [2.45, 2.75) is 57.0 Å². The second-order valence-corrected chi connectivity index (χ2v) is 10.7. The van der Waals surface area contributed by atoms with E-state index in [2.05, 4.69) is 53.1 Å². The van der Waals surface area contributed by atoms with Gasteiger partial charge in [-0.2, -0.15) is 0 Å². The lowest BCUT2D eigenvalue weighted by Gasteiger charge is -2.40. The number of anilines is 1. The Hall–Kier alpha value is -3.23. The van der Waals surface area contributed by atoms with E-state index in [1.165, 1.54) is 35.6 Å². The Bertz CT molecular complexity index is 1240. The van der Waals surface area contributed by atoms with Crippen LogP contribution in [-0.2, 0) is 23.2 Å². The standard InChI is InChI=1S/C30H31NO3S/c1-2-5-24(20-29(32)33)22-8-10-25(11-9-22)34-21-26-12-13-28(35-26)31-18-16-30(17-19-31)15-14-23-6-3-4-7-27(23)30/h3-4,6-13,24H,14-21H2,1H3,(H,32,33)/t24-/m0/s1. The van der Waals surface area contributed by atoms with E-state index >= 15 is 0 Å². The number of aliphatic carboxylic acids is 1. The number of piperidine rings is 1. The van der Waals surface area contributed by atoms with Gasteiger partial charge in [-0.1, -0.05) is 42.3 Å². The van der Waals surface area contributed by atoms with Crippen molar-refractivity contribution in [2.24, 2.45) is 0 Å². The van der Waals surface area contributed by atoms with Gasteiger partial charge in [0.1, 0.15) is 12.4 Å². The van der Waals surface area contributed by atoms with E-state index in [1.807, 2.05) is 35.6 Å². The summed E-state index contributed by atoms with van der Waals surface area (Å²) in [6.07, 6.45) is 4.98. The van der Waals surface area contributed by atoms with E-state index in [0.717, 1.165) is 24.4 Å². The summed E-state index contributed by atoms with van der Waals surface area (Å²) in [5.74, 6) is 5.46. The summed E-state index contributed by atoms with van der Waals surface area (Å²) >= 11 is 1.81. The molecule has 1 N–H and O–H groups in total. The molecule has 1 aromatic heterocycles. The Labute approximate surface area is 211 Å². The van der Waals surface area contributed by atoms with Gasteiger partial charge in [0.05, 0.1) is 17.3 Å². The molecule has 5 heteroatoms. The molecule has 1 aliphatic carbocycles. The van der Waals surface area contributed by atoms with Crippen LogP contribution in [0.2, 0.25) is 0 Å². The third kappa shape index (κ3) is 5.09. The molecule has 2 heterocycles. The first-order chi connectivity index (χ1) is 17.1. The van der Waals surface area contributed by atoms with Gasteiger partial charge >= 0.3 is 5.97 Å². The first-order valence-corrected chi connectivity index (χ1v) is 13.2. The molecule has 0 unspecified atom stereocenters. The van der Waals surface area contributed by atoms with Crippen molar-refractivity contribution in [3.8, 4) is 17.6 Å². The van der Waals surface area contributed by atoms with Gasteiger partial charge in [0, 0.05) is 18.0 Å². The second-order valence-electron chi connectivity index (χ2n) is 9.57. The molecule has 4 nitrogen and oxygen atoms in total. The van der Waals surface area contributed by atoms with Crippen LogP contribution in [0.1, 0.15) is 60.1 Å². The number of hydrogen-bond donors (Lipinski definition) is 1. The third-order valence-corrected chi connectivity index (χ3v) is 8.62. The molecular formula is C30H31NO3S. The molecule has 3 aromatic rings. The molecule has 35 heavy (non-hydrogen) atoms. The summed E-state index contributed by atoms with van der Waals surface area (Å²) in [5, 5.41) is 10.5. The van der Waals surface area contributed by atoms with E-state index in [4.69, 9.17) is 9.84 Å². The summed E-state index contributed by atoms with van der Waals surface area (Å²) in [6.45, 7) is 4.48. The highest BCUT2D eigenvalue weighted by Gasteiger charge is 2.41. The van der Waals surface area contributed by atoms with Gasteiger partial charge in [-0.25, -0.2) is 0 Å². The van der Waals surface area contributed by atoms with Gasteiger partial charge < -0.3 is 14.7 Å². The molecule has 5 rings (SSSR count). The maximum atomic E-state index is 11.1. The molecule has 1 aliphatic heterocycles. The lowest BCUT2D eigenvalue weighted by atomic mass is 9.74. The van der Waals surface area contributed by atoms with Gasteiger partial charge in [-0.05, 0) is 79.0 Å². The molecule has 0 amide bonds. The molecule has 2 aromatic carbocycles. The number of ether oxygens (including phenoxy) is 1. The molecule has 0 saturated carbocycles. The molecule has 1 spiro atoms. The number of rotatable bonds is 7. The van der Waals surface area contributed by atoms with Crippen LogP contribution in [0.15, 0.2) is 60.7 Å². The third-order valence-electron chi connectivity index (χ3n) is 7.50. The largest absolute Gasteiger partial charge is 0.488 e. The minimum absolute atomic E-state index is 0.00312. The van der Waals surface area contributed by atoms with Crippen LogP contribution >= 0.6 is 11.3 Å². The number of carbonyl (C=O) groups is 1. The minimum Gasteiger partial charge on any atom is -0.488 e. The first kappa shape index (κ1) is 23.5. The van der Waals surface area contributed by atoms with E-state index in [-0.39, 0.29) is 12.3 Å². The van der Waals surface area contributed by atoms with Crippen LogP contribution in [0.25, 0.3) is 0 Å². The van der Waals surface area contributed by atoms with Gasteiger partial charge in [0.15, 0.2) is 0 Å². The van der Waals surface area contributed by atoms with Crippen LogP contribution < -0.4 is 9.64 Å². The molecule has 0 bridgehead atoms. The maximum Gasteiger partial charge on any atom is 0.304 e. The minimum atomic E-state index is -0.844. The average Bonchev–Trinajstić information content (AvgIpc) is 3.49. The van der Waals surface area contributed by atoms with Crippen molar-refractivity contribution < 1.29 is 14.6 Å². The molecule has 0 radical (unpaired) electrons. The van der Waals surface area contributed by atoms with E-state index < -0.39 is 5.97 Å². The Morgan fingerprint density at radius 1 is 1.09 bits per heavy atom. The van der Waals surface area contributed by atoms with Crippen LogP contribution in [0.5, 0.6) is 5.75 Å². The van der Waals surface area contributed by atoms with E-state index in [0.29, 0.717) is 12.0 Å². The van der Waals surface area contributed by atoms with E-state index in [1.54, 1.807) is 18.1 Å². The highest BCUT2D eigenvalue weighted by atomic mass is 32.1. The topological polar surface area (TPSA) is 49.8 Å². The summed E-state index contributed by atoms with van der Waals surface area (Å²) in [4.78, 5) is 14.9. The molecule has 1 saturated heterocycles. The van der Waals surface area contributed by atoms with E-state index in [9.17, 15) is 4.79 Å². The van der Waals surface area contributed by atoms with Crippen LogP contribution in [-0.4, -0.2) is 24.2 Å². The van der Waals surface area contributed by atoms with Crippen molar-refractivity contribution in [3.05, 3.63) is 82.2 Å². The maximum absolute atomic E-state index is 11.1. The van der Waals surface area contributed by atoms with Gasteiger partial charge in [0.25, 0.3) is 0 Å². The predicted molar refractivity (Wildman–Crippen MR) is 141 cm³/mol. The molecule has 1 fully saturated rings. The zero-order valence-electron chi connectivity index (χ0n) is 20.1. The van der Waals surface area contributed by atoms with Crippen LogP contribution in [0, 0.1) is 11.8 Å². The zero-order valence-corrected chi connectivity index (χ0v) is 20.9. The van der Waals surface area contributed by atoms with Crippen molar-refractivity contribution >= 4 is 22.3 Å². The fraction of sp³-hybridized carbons (Fsp3) is 0.367. The molecular weight excluding hydrogens is 454 g/mol. The van der Waals surface area contributed by atoms with Crippen molar-refractivity contribution in [1.82, 2.24) is 0 Å². The molecule has 1 atom stereocenters. The van der Waals surface area contributed by atoms with Crippen molar-refractivity contribution in [2.75, 3.05) is 18.0 Å². The fourth-order valence-electron chi connectivity index (χ4n) is 5.60. The quantitative estimate of drug-likeness (QED) is 0.394. The number of carboxylic acids is 1. The summed E-state index contributed by atoms with van der Waals surface area (Å²) < 4.78 is 6.02. The number of benzene rings is 2. The Morgan fingerprint density at radius 2 is 1.86 bits per heavy atom. The van der Waals surface area contributed by atoms with Crippen LogP contribution in [0.3, 0.4) is 0 Å². The predicted octanol–water partition coefficient (Wildman–Crippen LogP) is 6.39. The number of aryl methyl sites for hydroxylation is 1. The molecule has 180 valence electrons.